The predicted octanol–water partition coefficient (Wildman–Crippen LogP) is 10.7. The lowest BCUT2D eigenvalue weighted by Gasteiger charge is -2.39. The maximum absolute atomic E-state index is 5.95. The van der Waals surface area contributed by atoms with Crippen LogP contribution in [0.5, 0.6) is 0 Å². The number of hydrogen-bond acceptors (Lipinski definition) is 3. The summed E-state index contributed by atoms with van der Waals surface area (Å²) >= 11 is 0. The van der Waals surface area contributed by atoms with Crippen molar-refractivity contribution in [3.05, 3.63) is 35.4 Å². The fourth-order valence-electron chi connectivity index (χ4n) is 10.00. The smallest absolute Gasteiger partial charge is 0.0844 e. The Labute approximate surface area is 270 Å². The Hall–Kier alpha value is -0.900. The molecule has 0 N–H and O–H groups in total. The zero-order valence-electron chi connectivity index (χ0n) is 28.2. The van der Waals surface area contributed by atoms with E-state index in [1.807, 2.05) is 0 Å². The Morgan fingerprint density at radius 1 is 0.500 bits per heavy atom. The predicted molar refractivity (Wildman–Crippen MR) is 180 cm³/mol. The van der Waals surface area contributed by atoms with E-state index in [1.54, 1.807) is 0 Å². The molecule has 1 aromatic carbocycles. The summed E-state index contributed by atoms with van der Waals surface area (Å²) in [7, 11) is 0. The van der Waals surface area contributed by atoms with Crippen LogP contribution in [0.1, 0.15) is 159 Å². The zero-order valence-corrected chi connectivity index (χ0v) is 28.2. The molecule has 9 unspecified atom stereocenters. The molecule has 0 spiro atoms. The van der Waals surface area contributed by atoms with Crippen LogP contribution >= 0.6 is 0 Å². The van der Waals surface area contributed by atoms with E-state index >= 15 is 0 Å². The quantitative estimate of drug-likeness (QED) is 0.116. The first-order chi connectivity index (χ1) is 21.6. The lowest BCUT2D eigenvalue weighted by molar-refractivity contribution is 0.133. The highest BCUT2D eigenvalue weighted by Crippen LogP contribution is 2.50. The lowest BCUT2D eigenvalue weighted by Crippen LogP contribution is -2.27. The Kier molecular flexibility index (Phi) is 10.7. The summed E-state index contributed by atoms with van der Waals surface area (Å²) in [5, 5.41) is 0. The fraction of sp³-hybridized carbons (Fsp3) is 0.854. The second-order valence-electron chi connectivity index (χ2n) is 16.8. The van der Waals surface area contributed by atoms with Crippen LogP contribution in [0, 0.1) is 30.1 Å². The minimum atomic E-state index is 0.567. The summed E-state index contributed by atoms with van der Waals surface area (Å²) in [4.78, 5) is 0. The average Bonchev–Trinajstić information content (AvgIpc) is 3.94. The molecular formula is C41H64O3. The Balaban J connectivity index is 0.897. The Morgan fingerprint density at radius 2 is 0.932 bits per heavy atom. The van der Waals surface area contributed by atoms with E-state index in [0.717, 1.165) is 17.8 Å². The molecule has 0 bridgehead atoms. The molecule has 3 saturated carbocycles. The summed E-state index contributed by atoms with van der Waals surface area (Å²) < 4.78 is 17.9. The molecule has 3 heteroatoms. The van der Waals surface area contributed by atoms with Gasteiger partial charge in [0.05, 0.1) is 36.6 Å². The van der Waals surface area contributed by atoms with E-state index in [1.165, 1.54) is 165 Å². The van der Waals surface area contributed by atoms with Crippen molar-refractivity contribution < 1.29 is 14.2 Å². The van der Waals surface area contributed by atoms with Crippen molar-refractivity contribution in [2.24, 2.45) is 23.2 Å². The van der Waals surface area contributed by atoms with Crippen molar-refractivity contribution >= 4 is 0 Å². The van der Waals surface area contributed by atoms with Gasteiger partial charge in [0.2, 0.25) is 0 Å². The van der Waals surface area contributed by atoms with Crippen LogP contribution in [0.3, 0.4) is 0 Å². The highest BCUT2D eigenvalue weighted by atomic mass is 16.6. The molecule has 3 aliphatic heterocycles. The summed E-state index contributed by atoms with van der Waals surface area (Å²) in [6.45, 7) is 2.18. The van der Waals surface area contributed by atoms with Gasteiger partial charge in [0.1, 0.15) is 0 Å². The minimum Gasteiger partial charge on any atom is -0.370 e. The number of fused-ring (bicyclic) bond motifs is 3. The third-order valence-electron chi connectivity index (χ3n) is 13.4. The van der Waals surface area contributed by atoms with Crippen LogP contribution in [-0.4, -0.2) is 36.6 Å². The number of unbranched alkanes of at least 4 members (excludes halogenated alkanes) is 6. The van der Waals surface area contributed by atoms with Gasteiger partial charge in [-0.1, -0.05) is 68.4 Å². The van der Waals surface area contributed by atoms with Gasteiger partial charge in [-0.15, -0.1) is 0 Å². The van der Waals surface area contributed by atoms with Crippen molar-refractivity contribution in [2.75, 3.05) is 0 Å². The standard InChI is InChI=1S/C41H64O3/c1-30-10-12-31(13-11-30)9-7-5-3-2-4-6-8-23-41(24-20-32-14-17-35-38(27-32)42-35,25-21-33-15-18-36-39(28-33)43-36)26-22-34-16-19-37-40(29-34)44-37/h10-13,32-40H,2-9,14-29H2,1H3. The third kappa shape index (κ3) is 9.13. The Bertz CT molecular complexity index is 940. The minimum absolute atomic E-state index is 0.567. The molecule has 44 heavy (non-hydrogen) atoms. The van der Waals surface area contributed by atoms with Crippen LogP contribution in [0.4, 0.5) is 0 Å². The van der Waals surface area contributed by atoms with Gasteiger partial charge in [0, 0.05) is 0 Å². The molecule has 3 aliphatic carbocycles. The fourth-order valence-corrected chi connectivity index (χ4v) is 10.00. The van der Waals surface area contributed by atoms with Gasteiger partial charge in [-0.05, 0) is 151 Å². The van der Waals surface area contributed by atoms with Crippen molar-refractivity contribution in [2.45, 2.75) is 198 Å². The van der Waals surface area contributed by atoms with Gasteiger partial charge in [-0.25, -0.2) is 0 Å². The van der Waals surface area contributed by atoms with Crippen LogP contribution in [0.25, 0.3) is 0 Å². The molecule has 6 aliphatic rings. The highest BCUT2D eigenvalue weighted by Gasteiger charge is 2.47. The molecule has 9 atom stereocenters. The molecule has 246 valence electrons. The molecule has 7 rings (SSSR count). The van der Waals surface area contributed by atoms with E-state index in [0.29, 0.717) is 42.0 Å². The number of rotatable bonds is 19. The van der Waals surface area contributed by atoms with Crippen molar-refractivity contribution in [1.29, 1.82) is 0 Å². The van der Waals surface area contributed by atoms with Crippen molar-refractivity contribution in [3.63, 3.8) is 0 Å². The summed E-state index contributed by atoms with van der Waals surface area (Å²) in [6, 6.07) is 9.17. The highest BCUT2D eigenvalue weighted by molar-refractivity contribution is 5.21. The molecular weight excluding hydrogens is 540 g/mol. The van der Waals surface area contributed by atoms with E-state index in [-0.39, 0.29) is 0 Å². The first-order valence-corrected chi connectivity index (χ1v) is 19.6. The number of ether oxygens (including phenoxy) is 3. The largest absolute Gasteiger partial charge is 0.370 e. The first-order valence-electron chi connectivity index (χ1n) is 19.6. The van der Waals surface area contributed by atoms with E-state index in [4.69, 9.17) is 14.2 Å². The maximum Gasteiger partial charge on any atom is 0.0844 e. The van der Waals surface area contributed by atoms with Gasteiger partial charge < -0.3 is 14.2 Å². The normalized spacial score (nSPS) is 36.5. The zero-order chi connectivity index (χ0) is 29.8. The van der Waals surface area contributed by atoms with Crippen molar-refractivity contribution in [1.82, 2.24) is 0 Å². The molecule has 3 nitrogen and oxygen atoms in total. The first kappa shape index (κ1) is 31.7. The van der Waals surface area contributed by atoms with Gasteiger partial charge in [0.25, 0.3) is 0 Å². The van der Waals surface area contributed by atoms with E-state index in [2.05, 4.69) is 31.2 Å². The van der Waals surface area contributed by atoms with Crippen LogP contribution in [0.2, 0.25) is 0 Å². The molecule has 0 aromatic heterocycles. The number of benzene rings is 1. The summed E-state index contributed by atoms with van der Waals surface area (Å²) in [6.07, 6.45) is 37.7. The number of epoxide rings is 3. The molecule has 6 fully saturated rings. The molecule has 0 radical (unpaired) electrons. The van der Waals surface area contributed by atoms with Gasteiger partial charge >= 0.3 is 0 Å². The molecule has 3 heterocycles. The summed E-state index contributed by atoms with van der Waals surface area (Å²) in [5.74, 6) is 2.76. The average molecular weight is 605 g/mol. The van der Waals surface area contributed by atoms with Crippen LogP contribution in [0.15, 0.2) is 24.3 Å². The topological polar surface area (TPSA) is 37.6 Å². The molecule has 3 saturated heterocycles. The second kappa shape index (κ2) is 14.9. The Morgan fingerprint density at radius 3 is 1.39 bits per heavy atom. The maximum atomic E-state index is 5.95. The van der Waals surface area contributed by atoms with Gasteiger partial charge in [-0.2, -0.15) is 0 Å². The lowest BCUT2D eigenvalue weighted by atomic mass is 9.66. The molecule has 0 amide bonds. The summed E-state index contributed by atoms with van der Waals surface area (Å²) in [5.41, 5.74) is 3.45. The van der Waals surface area contributed by atoms with Gasteiger partial charge in [-0.3, -0.25) is 0 Å². The van der Waals surface area contributed by atoms with Crippen molar-refractivity contribution in [3.8, 4) is 0 Å². The van der Waals surface area contributed by atoms with Crippen LogP contribution < -0.4 is 0 Å². The van der Waals surface area contributed by atoms with Gasteiger partial charge in [0.15, 0.2) is 0 Å². The van der Waals surface area contributed by atoms with E-state index in [9.17, 15) is 0 Å². The third-order valence-corrected chi connectivity index (χ3v) is 13.4. The van der Waals surface area contributed by atoms with Crippen LogP contribution in [-0.2, 0) is 20.6 Å². The van der Waals surface area contributed by atoms with E-state index < -0.39 is 0 Å². The second-order valence-corrected chi connectivity index (χ2v) is 16.8. The number of aryl methyl sites for hydroxylation is 2. The molecule has 1 aromatic rings. The monoisotopic (exact) mass is 604 g/mol. The SMILES string of the molecule is Cc1ccc(CCCCCCCCCC(CCC2CCC3OC3C2)(CCC2CCC3OC3C2)CCC2CCC3OC3C2)cc1. The number of hydrogen-bond donors (Lipinski definition) is 0.